The van der Waals surface area contributed by atoms with Gasteiger partial charge in [-0.25, -0.2) is 0 Å². The molecule has 3 nitrogen and oxygen atoms in total. The minimum absolute atomic E-state index is 0.352. The molecule has 2 atom stereocenters. The summed E-state index contributed by atoms with van der Waals surface area (Å²) in [5.74, 6) is 1.84. The second-order valence-corrected chi connectivity index (χ2v) is 4.01. The van der Waals surface area contributed by atoms with E-state index in [4.69, 9.17) is 10.5 Å². The van der Waals surface area contributed by atoms with Gasteiger partial charge in [0.2, 0.25) is 0 Å². The smallest absolute Gasteiger partial charge is 0.154 e. The molecule has 0 aliphatic carbocycles. The first-order valence-electron chi connectivity index (χ1n) is 3.90. The van der Waals surface area contributed by atoms with Crippen LogP contribution in [0.1, 0.15) is 6.42 Å². The van der Waals surface area contributed by atoms with Crippen LogP contribution in [0, 0.1) is 5.92 Å². The van der Waals surface area contributed by atoms with Crippen molar-refractivity contribution in [3.63, 3.8) is 0 Å². The number of thioether (sulfide) groups is 1. The fraction of sp³-hybridized carbons (Fsp3) is 0.857. The van der Waals surface area contributed by atoms with Crippen molar-refractivity contribution in [3.8, 4) is 0 Å². The van der Waals surface area contributed by atoms with Crippen molar-refractivity contribution in [2.45, 2.75) is 12.5 Å². The quantitative estimate of drug-likeness (QED) is 0.577. The maximum Gasteiger partial charge on any atom is 0.154 e. The molecule has 2 heterocycles. The SMILES string of the molecule is NC1=N[C@@H]2COCC[C@H]2CS1. The molecule has 1 saturated heterocycles. The highest BCUT2D eigenvalue weighted by molar-refractivity contribution is 8.13. The van der Waals surface area contributed by atoms with Crippen LogP contribution in [0.2, 0.25) is 0 Å². The zero-order chi connectivity index (χ0) is 7.68. The molecule has 0 bridgehead atoms. The highest BCUT2D eigenvalue weighted by Gasteiger charge is 2.28. The number of nitrogens with zero attached hydrogens (tertiary/aromatic N) is 1. The molecule has 2 rings (SSSR count). The van der Waals surface area contributed by atoms with E-state index in [0.29, 0.717) is 12.0 Å². The van der Waals surface area contributed by atoms with Crippen LogP contribution in [0.3, 0.4) is 0 Å². The number of rotatable bonds is 0. The van der Waals surface area contributed by atoms with E-state index >= 15 is 0 Å². The van der Waals surface area contributed by atoms with Gasteiger partial charge in [0.05, 0.1) is 12.6 Å². The molecule has 0 spiro atoms. The highest BCUT2D eigenvalue weighted by Crippen LogP contribution is 2.27. The van der Waals surface area contributed by atoms with Gasteiger partial charge in [0.15, 0.2) is 5.17 Å². The van der Waals surface area contributed by atoms with Gasteiger partial charge in [-0.1, -0.05) is 11.8 Å². The topological polar surface area (TPSA) is 47.6 Å². The average Bonchev–Trinajstić information content (AvgIpc) is 2.04. The third-order valence-electron chi connectivity index (χ3n) is 2.20. The van der Waals surface area contributed by atoms with Gasteiger partial charge in [-0.3, -0.25) is 4.99 Å². The molecule has 62 valence electrons. The monoisotopic (exact) mass is 172 g/mol. The van der Waals surface area contributed by atoms with Gasteiger partial charge >= 0.3 is 0 Å². The number of amidine groups is 1. The van der Waals surface area contributed by atoms with Gasteiger partial charge in [0.25, 0.3) is 0 Å². The van der Waals surface area contributed by atoms with E-state index < -0.39 is 0 Å². The lowest BCUT2D eigenvalue weighted by Gasteiger charge is -2.31. The molecule has 0 amide bonds. The van der Waals surface area contributed by atoms with E-state index in [2.05, 4.69) is 4.99 Å². The molecule has 0 unspecified atom stereocenters. The molecule has 1 fully saturated rings. The van der Waals surface area contributed by atoms with Crippen LogP contribution in [0.25, 0.3) is 0 Å². The Labute approximate surface area is 70.4 Å². The molecule has 0 aromatic rings. The molecule has 4 heteroatoms. The molecule has 2 N–H and O–H groups in total. The fourth-order valence-corrected chi connectivity index (χ4v) is 2.48. The van der Waals surface area contributed by atoms with Gasteiger partial charge in [-0.15, -0.1) is 0 Å². The third kappa shape index (κ3) is 1.51. The number of fused-ring (bicyclic) bond motifs is 1. The second kappa shape index (κ2) is 3.03. The summed E-state index contributed by atoms with van der Waals surface area (Å²) in [5, 5.41) is 0.733. The summed E-state index contributed by atoms with van der Waals surface area (Å²) in [4.78, 5) is 4.34. The molecule has 0 aromatic heterocycles. The van der Waals surface area contributed by atoms with Gasteiger partial charge in [-0.2, -0.15) is 0 Å². The first-order chi connectivity index (χ1) is 5.36. The van der Waals surface area contributed by atoms with Crippen molar-refractivity contribution in [2.75, 3.05) is 19.0 Å². The number of aliphatic imine (C=N–C) groups is 1. The molecular formula is C7H12N2OS. The zero-order valence-corrected chi connectivity index (χ0v) is 7.14. The van der Waals surface area contributed by atoms with Crippen LogP contribution in [-0.2, 0) is 4.74 Å². The first kappa shape index (κ1) is 7.43. The van der Waals surface area contributed by atoms with Crippen molar-refractivity contribution in [1.29, 1.82) is 0 Å². The Kier molecular flexibility index (Phi) is 2.05. The molecule has 2 aliphatic heterocycles. The van der Waals surface area contributed by atoms with Crippen molar-refractivity contribution < 1.29 is 4.74 Å². The van der Waals surface area contributed by atoms with Crippen LogP contribution in [0.15, 0.2) is 4.99 Å². The van der Waals surface area contributed by atoms with Gasteiger partial charge in [0.1, 0.15) is 0 Å². The molecule has 0 aromatic carbocycles. The lowest BCUT2D eigenvalue weighted by atomic mass is 9.97. The van der Waals surface area contributed by atoms with Crippen molar-refractivity contribution in [3.05, 3.63) is 0 Å². The van der Waals surface area contributed by atoms with E-state index in [1.54, 1.807) is 11.8 Å². The Bertz CT molecular complexity index is 183. The summed E-state index contributed by atoms with van der Waals surface area (Å²) < 4.78 is 5.32. The lowest BCUT2D eigenvalue weighted by molar-refractivity contribution is 0.0562. The van der Waals surface area contributed by atoms with Gasteiger partial charge in [0, 0.05) is 12.4 Å². The zero-order valence-electron chi connectivity index (χ0n) is 6.32. The van der Waals surface area contributed by atoms with Gasteiger partial charge < -0.3 is 10.5 Å². The summed E-state index contributed by atoms with van der Waals surface area (Å²) in [5.41, 5.74) is 5.60. The average molecular weight is 172 g/mol. The van der Waals surface area contributed by atoms with E-state index in [0.717, 1.165) is 30.6 Å². The summed E-state index contributed by atoms with van der Waals surface area (Å²) in [6, 6.07) is 0.352. The third-order valence-corrected chi connectivity index (χ3v) is 3.20. The maximum atomic E-state index is 5.60. The van der Waals surface area contributed by atoms with Crippen LogP contribution >= 0.6 is 11.8 Å². The number of nitrogens with two attached hydrogens (primary N) is 1. The Hall–Kier alpha value is -0.220. The molecular weight excluding hydrogens is 160 g/mol. The molecule has 11 heavy (non-hydrogen) atoms. The van der Waals surface area contributed by atoms with Crippen LogP contribution in [0.4, 0.5) is 0 Å². The lowest BCUT2D eigenvalue weighted by Crippen LogP contribution is -2.37. The standard InChI is InChI=1S/C7H12N2OS/c8-7-9-6-3-10-2-1-5(6)4-11-7/h5-6H,1-4H2,(H2,8,9)/t5-,6+/m0/s1. The second-order valence-electron chi connectivity index (χ2n) is 2.97. The summed E-state index contributed by atoms with van der Waals surface area (Å²) >= 11 is 1.68. The highest BCUT2D eigenvalue weighted by atomic mass is 32.2. The Morgan fingerprint density at radius 1 is 1.64 bits per heavy atom. The van der Waals surface area contributed by atoms with Crippen molar-refractivity contribution >= 4 is 16.9 Å². The Morgan fingerprint density at radius 2 is 2.55 bits per heavy atom. The normalized spacial score (nSPS) is 37.6. The maximum absolute atomic E-state index is 5.60. The van der Waals surface area contributed by atoms with E-state index in [1.807, 2.05) is 0 Å². The number of hydrogen-bond donors (Lipinski definition) is 1. The predicted octanol–water partition coefficient (Wildman–Crippen LogP) is 0.453. The fourth-order valence-electron chi connectivity index (χ4n) is 1.50. The van der Waals surface area contributed by atoms with E-state index in [-0.39, 0.29) is 0 Å². The predicted molar refractivity (Wildman–Crippen MR) is 46.8 cm³/mol. The van der Waals surface area contributed by atoms with E-state index in [1.165, 1.54) is 0 Å². The number of ether oxygens (including phenoxy) is 1. The first-order valence-corrected chi connectivity index (χ1v) is 4.88. The Morgan fingerprint density at radius 3 is 3.45 bits per heavy atom. The Balaban J connectivity index is 2.07. The van der Waals surface area contributed by atoms with Crippen LogP contribution < -0.4 is 5.73 Å². The summed E-state index contributed by atoms with van der Waals surface area (Å²) in [7, 11) is 0. The van der Waals surface area contributed by atoms with E-state index in [9.17, 15) is 0 Å². The summed E-state index contributed by atoms with van der Waals surface area (Å²) in [6.45, 7) is 1.67. The largest absolute Gasteiger partial charge is 0.379 e. The minimum Gasteiger partial charge on any atom is -0.379 e. The van der Waals surface area contributed by atoms with Crippen molar-refractivity contribution in [1.82, 2.24) is 0 Å². The molecule has 0 radical (unpaired) electrons. The molecule has 0 saturated carbocycles. The number of hydrogen-bond acceptors (Lipinski definition) is 4. The minimum atomic E-state index is 0.352. The van der Waals surface area contributed by atoms with Crippen LogP contribution in [0.5, 0.6) is 0 Å². The summed E-state index contributed by atoms with van der Waals surface area (Å²) in [6.07, 6.45) is 1.15. The van der Waals surface area contributed by atoms with Crippen molar-refractivity contribution in [2.24, 2.45) is 16.6 Å². The van der Waals surface area contributed by atoms with Crippen LogP contribution in [-0.4, -0.2) is 30.2 Å². The molecule has 2 aliphatic rings. The van der Waals surface area contributed by atoms with Gasteiger partial charge in [-0.05, 0) is 12.3 Å².